The third kappa shape index (κ3) is 3.10. The number of nitrogens with one attached hydrogen (secondary N) is 1. The van der Waals surface area contributed by atoms with Crippen LogP contribution in [0.2, 0.25) is 0 Å². The van der Waals surface area contributed by atoms with Crippen molar-refractivity contribution in [3.8, 4) is 11.5 Å². The van der Waals surface area contributed by atoms with Crippen molar-refractivity contribution in [3.63, 3.8) is 0 Å². The largest absolute Gasteiger partial charge is 0.472 e. The van der Waals surface area contributed by atoms with E-state index in [1.54, 1.807) is 19.2 Å². The summed E-state index contributed by atoms with van der Waals surface area (Å²) in [7, 11) is 0. The predicted molar refractivity (Wildman–Crippen MR) is 89.1 cm³/mol. The van der Waals surface area contributed by atoms with Crippen LogP contribution in [-0.2, 0) is 0 Å². The standard InChI is InChI=1S/C17H17N5O3/c1-11-19-17(25-21-11)14-3-2-6-18-15(14)22-7-4-13(9-22)20-16(23)12-5-8-24-10-12/h2-3,5-6,8,10,13H,4,7,9H2,1H3,(H,20,23)/t13-/m0/s1. The third-order valence-corrected chi connectivity index (χ3v) is 4.15. The molecule has 3 aromatic rings. The second-order valence-corrected chi connectivity index (χ2v) is 5.94. The lowest BCUT2D eigenvalue weighted by atomic mass is 10.2. The van der Waals surface area contributed by atoms with Crippen LogP contribution in [0.3, 0.4) is 0 Å². The van der Waals surface area contributed by atoms with Gasteiger partial charge in [0.05, 0.1) is 17.4 Å². The summed E-state index contributed by atoms with van der Waals surface area (Å²) >= 11 is 0. The first-order valence-electron chi connectivity index (χ1n) is 8.04. The zero-order valence-corrected chi connectivity index (χ0v) is 13.7. The lowest BCUT2D eigenvalue weighted by Gasteiger charge is -2.19. The molecule has 0 bridgehead atoms. The Labute approximate surface area is 143 Å². The Morgan fingerprint density at radius 2 is 2.32 bits per heavy atom. The number of furan rings is 1. The van der Waals surface area contributed by atoms with Crippen molar-refractivity contribution in [1.82, 2.24) is 20.4 Å². The molecule has 0 aliphatic carbocycles. The van der Waals surface area contributed by atoms with Gasteiger partial charge in [0.25, 0.3) is 11.8 Å². The summed E-state index contributed by atoms with van der Waals surface area (Å²) < 4.78 is 10.2. The molecule has 1 aliphatic rings. The minimum absolute atomic E-state index is 0.0432. The van der Waals surface area contributed by atoms with E-state index in [9.17, 15) is 4.79 Å². The number of hydrogen-bond acceptors (Lipinski definition) is 7. The fourth-order valence-electron chi connectivity index (χ4n) is 2.96. The average molecular weight is 339 g/mol. The van der Waals surface area contributed by atoms with E-state index in [2.05, 4.69) is 25.3 Å². The van der Waals surface area contributed by atoms with Crippen LogP contribution in [0.4, 0.5) is 5.82 Å². The number of rotatable bonds is 4. The minimum Gasteiger partial charge on any atom is -0.472 e. The molecule has 3 aromatic heterocycles. The van der Waals surface area contributed by atoms with E-state index in [1.165, 1.54) is 12.5 Å². The highest BCUT2D eigenvalue weighted by Crippen LogP contribution is 2.29. The van der Waals surface area contributed by atoms with Crippen LogP contribution in [0.5, 0.6) is 0 Å². The molecule has 25 heavy (non-hydrogen) atoms. The molecule has 1 aliphatic heterocycles. The number of carbonyl (C=O) groups is 1. The molecule has 0 unspecified atom stereocenters. The molecule has 4 rings (SSSR count). The van der Waals surface area contributed by atoms with Gasteiger partial charge in [0.15, 0.2) is 5.82 Å². The first-order valence-corrected chi connectivity index (χ1v) is 8.04. The molecule has 8 heteroatoms. The molecular weight excluding hydrogens is 322 g/mol. The number of hydrogen-bond donors (Lipinski definition) is 1. The van der Waals surface area contributed by atoms with Crippen LogP contribution in [0.25, 0.3) is 11.5 Å². The van der Waals surface area contributed by atoms with Crippen molar-refractivity contribution in [1.29, 1.82) is 0 Å². The van der Waals surface area contributed by atoms with Gasteiger partial charge >= 0.3 is 0 Å². The summed E-state index contributed by atoms with van der Waals surface area (Å²) in [6.45, 7) is 3.23. The number of aromatic nitrogens is 3. The maximum absolute atomic E-state index is 12.2. The highest BCUT2D eigenvalue weighted by atomic mass is 16.5. The van der Waals surface area contributed by atoms with Crippen LogP contribution in [0.15, 0.2) is 45.9 Å². The van der Waals surface area contributed by atoms with Crippen LogP contribution in [0, 0.1) is 6.92 Å². The molecule has 128 valence electrons. The molecule has 1 amide bonds. The number of anilines is 1. The van der Waals surface area contributed by atoms with Gasteiger partial charge in [-0.1, -0.05) is 5.16 Å². The zero-order chi connectivity index (χ0) is 17.2. The van der Waals surface area contributed by atoms with Crippen molar-refractivity contribution in [2.24, 2.45) is 0 Å². The van der Waals surface area contributed by atoms with Crippen molar-refractivity contribution in [3.05, 3.63) is 48.3 Å². The van der Waals surface area contributed by atoms with Gasteiger partial charge in [-0.2, -0.15) is 4.98 Å². The maximum atomic E-state index is 12.2. The number of pyridine rings is 1. The van der Waals surface area contributed by atoms with Crippen molar-refractivity contribution in [2.45, 2.75) is 19.4 Å². The van der Waals surface area contributed by atoms with Crippen molar-refractivity contribution >= 4 is 11.7 Å². The van der Waals surface area contributed by atoms with E-state index < -0.39 is 0 Å². The fourth-order valence-corrected chi connectivity index (χ4v) is 2.96. The Morgan fingerprint density at radius 1 is 1.40 bits per heavy atom. The Morgan fingerprint density at radius 3 is 3.08 bits per heavy atom. The zero-order valence-electron chi connectivity index (χ0n) is 13.7. The molecule has 0 radical (unpaired) electrons. The molecule has 1 fully saturated rings. The lowest BCUT2D eigenvalue weighted by Crippen LogP contribution is -2.37. The van der Waals surface area contributed by atoms with Gasteiger partial charge in [-0.05, 0) is 31.5 Å². The van der Waals surface area contributed by atoms with Crippen LogP contribution < -0.4 is 10.2 Å². The highest BCUT2D eigenvalue weighted by Gasteiger charge is 2.28. The summed E-state index contributed by atoms with van der Waals surface area (Å²) in [5, 5.41) is 6.87. The molecule has 0 aromatic carbocycles. The topological polar surface area (TPSA) is 97.3 Å². The Kier molecular flexibility index (Phi) is 3.93. The number of carbonyl (C=O) groups excluding carboxylic acids is 1. The minimum atomic E-state index is -0.130. The Bertz CT molecular complexity index is 874. The van der Waals surface area contributed by atoms with E-state index in [0.717, 1.165) is 24.3 Å². The summed E-state index contributed by atoms with van der Waals surface area (Å²) in [6, 6.07) is 5.44. The first kappa shape index (κ1) is 15.4. The van der Waals surface area contributed by atoms with Gasteiger partial charge in [0.1, 0.15) is 12.1 Å². The summed E-state index contributed by atoms with van der Waals surface area (Å²) in [5.41, 5.74) is 1.32. The normalized spacial score (nSPS) is 17.0. The third-order valence-electron chi connectivity index (χ3n) is 4.15. The summed E-state index contributed by atoms with van der Waals surface area (Å²) in [4.78, 5) is 23.0. The van der Waals surface area contributed by atoms with Crippen LogP contribution in [0.1, 0.15) is 22.6 Å². The van der Waals surface area contributed by atoms with E-state index in [1.807, 2.05) is 12.1 Å². The van der Waals surface area contributed by atoms with Crippen molar-refractivity contribution < 1.29 is 13.7 Å². The van der Waals surface area contributed by atoms with E-state index in [4.69, 9.17) is 8.94 Å². The Balaban J connectivity index is 1.50. The number of amides is 1. The predicted octanol–water partition coefficient (Wildman–Crippen LogP) is 2.04. The molecule has 1 N–H and O–H groups in total. The molecular formula is C17H17N5O3. The lowest BCUT2D eigenvalue weighted by molar-refractivity contribution is 0.0939. The monoisotopic (exact) mass is 339 g/mol. The number of nitrogens with zero attached hydrogens (tertiary/aromatic N) is 4. The van der Waals surface area contributed by atoms with Gasteiger partial charge in [-0.25, -0.2) is 4.98 Å². The molecule has 4 heterocycles. The van der Waals surface area contributed by atoms with E-state index in [-0.39, 0.29) is 11.9 Å². The van der Waals surface area contributed by atoms with Crippen LogP contribution in [-0.4, -0.2) is 40.2 Å². The van der Waals surface area contributed by atoms with Gasteiger partial charge < -0.3 is 19.2 Å². The maximum Gasteiger partial charge on any atom is 0.261 e. The van der Waals surface area contributed by atoms with Gasteiger partial charge in [0, 0.05) is 25.3 Å². The van der Waals surface area contributed by atoms with Gasteiger partial charge in [0.2, 0.25) is 0 Å². The second-order valence-electron chi connectivity index (χ2n) is 5.94. The summed E-state index contributed by atoms with van der Waals surface area (Å²) in [6.07, 6.45) is 5.50. The van der Waals surface area contributed by atoms with Crippen molar-refractivity contribution in [2.75, 3.05) is 18.0 Å². The molecule has 0 spiro atoms. The first-order chi connectivity index (χ1) is 12.2. The van der Waals surface area contributed by atoms with Gasteiger partial charge in [-0.15, -0.1) is 0 Å². The molecule has 8 nitrogen and oxygen atoms in total. The smallest absolute Gasteiger partial charge is 0.261 e. The number of aryl methyl sites for hydroxylation is 1. The fraction of sp³-hybridized carbons (Fsp3) is 0.294. The van der Waals surface area contributed by atoms with Gasteiger partial charge in [-0.3, -0.25) is 4.79 Å². The van der Waals surface area contributed by atoms with Crippen LogP contribution >= 0.6 is 0 Å². The average Bonchev–Trinajstić information content (AvgIpc) is 3.36. The quantitative estimate of drug-likeness (QED) is 0.777. The SMILES string of the molecule is Cc1noc(-c2cccnc2N2CC[C@H](NC(=O)c3ccoc3)C2)n1. The van der Waals surface area contributed by atoms with E-state index >= 15 is 0 Å². The highest BCUT2D eigenvalue weighted by molar-refractivity contribution is 5.94. The Hall–Kier alpha value is -3.16. The molecule has 0 saturated carbocycles. The molecule has 1 atom stereocenters. The second kappa shape index (κ2) is 6.39. The van der Waals surface area contributed by atoms with E-state index in [0.29, 0.717) is 23.8 Å². The molecule has 1 saturated heterocycles. The summed E-state index contributed by atoms with van der Waals surface area (Å²) in [5.74, 6) is 1.68.